The van der Waals surface area contributed by atoms with E-state index in [0.717, 1.165) is 16.3 Å². The van der Waals surface area contributed by atoms with Crippen molar-refractivity contribution < 1.29 is 0 Å². The maximum Gasteiger partial charge on any atom is 0.189 e. The smallest absolute Gasteiger partial charge is 0.189 e. The molecule has 0 fully saturated rings. The first-order valence-electron chi connectivity index (χ1n) is 5.03. The van der Waals surface area contributed by atoms with Crippen LogP contribution in [0.3, 0.4) is 0 Å². The molecule has 0 aromatic carbocycles. The van der Waals surface area contributed by atoms with Gasteiger partial charge in [-0.25, -0.2) is 4.98 Å². The van der Waals surface area contributed by atoms with Crippen molar-refractivity contribution in [2.75, 3.05) is 5.32 Å². The lowest BCUT2D eigenvalue weighted by Crippen LogP contribution is -2.18. The Morgan fingerprint density at radius 3 is 2.88 bits per heavy atom. The summed E-state index contributed by atoms with van der Waals surface area (Å²) >= 11 is 6.28. The molecule has 2 heterocycles. The summed E-state index contributed by atoms with van der Waals surface area (Å²) < 4.78 is 0. The Balaban J connectivity index is 2.39. The van der Waals surface area contributed by atoms with Gasteiger partial charge in [0.1, 0.15) is 0 Å². The predicted octanol–water partition coefficient (Wildman–Crippen LogP) is 2.48. The quantitative estimate of drug-likeness (QED) is 0.816. The van der Waals surface area contributed by atoms with Gasteiger partial charge in [0, 0.05) is 6.20 Å². The van der Waals surface area contributed by atoms with Crippen molar-refractivity contribution in [3.8, 4) is 10.6 Å². The van der Waals surface area contributed by atoms with Gasteiger partial charge in [0.15, 0.2) is 10.2 Å². The van der Waals surface area contributed by atoms with Crippen molar-refractivity contribution in [1.82, 2.24) is 9.97 Å². The molecule has 0 atom stereocenters. The number of hydrogen-bond acceptors (Lipinski definition) is 4. The average molecular weight is 264 g/mol. The number of thiazole rings is 1. The Hall–Kier alpha value is -1.53. The minimum absolute atomic E-state index is 0.225. The minimum atomic E-state index is 0.225. The van der Waals surface area contributed by atoms with Gasteiger partial charge in [-0.05, 0) is 43.8 Å². The molecule has 0 saturated carbocycles. The van der Waals surface area contributed by atoms with Crippen LogP contribution < -0.4 is 11.1 Å². The molecule has 0 aliphatic heterocycles. The summed E-state index contributed by atoms with van der Waals surface area (Å²) in [4.78, 5) is 9.73. The molecular formula is C11H12N4S2. The van der Waals surface area contributed by atoms with E-state index in [9.17, 15) is 0 Å². The van der Waals surface area contributed by atoms with Crippen molar-refractivity contribution in [3.63, 3.8) is 0 Å². The van der Waals surface area contributed by atoms with Gasteiger partial charge in [-0.2, -0.15) is 0 Å². The summed E-state index contributed by atoms with van der Waals surface area (Å²) in [5.74, 6) is 0. The summed E-state index contributed by atoms with van der Waals surface area (Å²) in [5.41, 5.74) is 8.44. The number of pyridine rings is 1. The molecule has 4 nitrogen and oxygen atoms in total. The highest BCUT2D eigenvalue weighted by atomic mass is 32.1. The number of aromatic nitrogens is 2. The molecule has 0 radical (unpaired) electrons. The molecular weight excluding hydrogens is 252 g/mol. The second-order valence-electron chi connectivity index (χ2n) is 3.64. The maximum absolute atomic E-state index is 5.42. The normalized spacial score (nSPS) is 10.2. The summed E-state index contributed by atoms with van der Waals surface area (Å²) in [7, 11) is 0. The lowest BCUT2D eigenvalue weighted by Gasteiger charge is -1.98. The highest BCUT2D eigenvalue weighted by Crippen LogP contribution is 2.31. The molecule has 0 amide bonds. The number of rotatable bonds is 2. The van der Waals surface area contributed by atoms with E-state index in [1.165, 1.54) is 16.9 Å². The number of aryl methyl sites for hydroxylation is 2. The number of nitrogens with zero attached hydrogens (tertiary/aromatic N) is 2. The molecule has 0 aliphatic rings. The van der Waals surface area contributed by atoms with Gasteiger partial charge in [0.2, 0.25) is 0 Å². The molecule has 88 valence electrons. The molecule has 0 aliphatic carbocycles. The number of anilines is 1. The van der Waals surface area contributed by atoms with Gasteiger partial charge in [-0.1, -0.05) is 11.3 Å². The summed E-state index contributed by atoms with van der Waals surface area (Å²) in [6, 6.07) is 4.00. The molecule has 3 N–H and O–H groups in total. The first-order chi connectivity index (χ1) is 8.06. The summed E-state index contributed by atoms with van der Waals surface area (Å²) in [6.45, 7) is 3.98. The van der Waals surface area contributed by atoms with Crippen LogP contribution in [0.5, 0.6) is 0 Å². The zero-order valence-electron chi connectivity index (χ0n) is 9.52. The van der Waals surface area contributed by atoms with Crippen molar-refractivity contribution in [2.24, 2.45) is 5.73 Å². The Kier molecular flexibility index (Phi) is 3.35. The highest BCUT2D eigenvalue weighted by molar-refractivity contribution is 7.80. The van der Waals surface area contributed by atoms with Gasteiger partial charge >= 0.3 is 0 Å². The molecule has 2 aromatic heterocycles. The Morgan fingerprint density at radius 1 is 1.47 bits per heavy atom. The fourth-order valence-electron chi connectivity index (χ4n) is 1.45. The minimum Gasteiger partial charge on any atom is -0.376 e. The summed E-state index contributed by atoms with van der Waals surface area (Å²) in [5, 5.41) is 3.77. The third kappa shape index (κ3) is 2.78. The zero-order valence-corrected chi connectivity index (χ0v) is 11.2. The first kappa shape index (κ1) is 11.9. The SMILES string of the molecule is Cc1ccnc(-c2sc(NC(N)=S)nc2C)c1. The molecule has 0 unspecified atom stereocenters. The number of nitrogens with one attached hydrogen (secondary N) is 1. The second kappa shape index (κ2) is 4.77. The van der Waals surface area contributed by atoms with Crippen molar-refractivity contribution >= 4 is 33.8 Å². The van der Waals surface area contributed by atoms with Gasteiger partial charge in [0.05, 0.1) is 16.3 Å². The van der Waals surface area contributed by atoms with Crippen LogP contribution in [0.1, 0.15) is 11.3 Å². The van der Waals surface area contributed by atoms with E-state index in [-0.39, 0.29) is 5.11 Å². The van der Waals surface area contributed by atoms with Crippen molar-refractivity contribution in [2.45, 2.75) is 13.8 Å². The van der Waals surface area contributed by atoms with Crippen LogP contribution in [-0.4, -0.2) is 15.1 Å². The zero-order chi connectivity index (χ0) is 12.4. The fraction of sp³-hybridized carbons (Fsp3) is 0.182. The molecule has 2 aromatic rings. The maximum atomic E-state index is 5.42. The fourth-order valence-corrected chi connectivity index (χ4v) is 2.56. The Bertz CT molecular complexity index is 562. The lowest BCUT2D eigenvalue weighted by atomic mass is 10.2. The molecule has 0 bridgehead atoms. The average Bonchev–Trinajstić information content (AvgIpc) is 2.58. The van der Waals surface area contributed by atoms with Crippen molar-refractivity contribution in [3.05, 3.63) is 29.6 Å². The van der Waals surface area contributed by atoms with E-state index in [1.54, 1.807) is 6.20 Å². The van der Waals surface area contributed by atoms with Gasteiger partial charge < -0.3 is 11.1 Å². The third-order valence-corrected chi connectivity index (χ3v) is 3.37. The standard InChI is InChI=1S/C11H12N4S2/c1-6-3-4-13-8(5-6)9-7(2)14-11(17-9)15-10(12)16/h3-5H,1-2H3,(H3,12,14,15,16). The van der Waals surface area contributed by atoms with E-state index in [2.05, 4.69) is 15.3 Å². The largest absolute Gasteiger partial charge is 0.376 e. The molecule has 6 heteroatoms. The summed E-state index contributed by atoms with van der Waals surface area (Å²) in [6.07, 6.45) is 1.80. The monoisotopic (exact) mass is 264 g/mol. The second-order valence-corrected chi connectivity index (χ2v) is 5.08. The van der Waals surface area contributed by atoms with E-state index in [4.69, 9.17) is 18.0 Å². The molecule has 0 saturated heterocycles. The van der Waals surface area contributed by atoms with Crippen LogP contribution in [0.25, 0.3) is 10.6 Å². The van der Waals surface area contributed by atoms with E-state index in [0.29, 0.717) is 5.13 Å². The lowest BCUT2D eigenvalue weighted by molar-refractivity contribution is 1.24. The molecule has 17 heavy (non-hydrogen) atoms. The predicted molar refractivity (Wildman–Crippen MR) is 75.2 cm³/mol. The van der Waals surface area contributed by atoms with Crippen LogP contribution in [0.2, 0.25) is 0 Å². The van der Waals surface area contributed by atoms with Crippen molar-refractivity contribution in [1.29, 1.82) is 0 Å². The van der Waals surface area contributed by atoms with E-state index in [1.807, 2.05) is 26.0 Å². The number of nitrogens with two attached hydrogens (primary N) is 1. The number of hydrogen-bond donors (Lipinski definition) is 2. The Labute approximate surface area is 109 Å². The topological polar surface area (TPSA) is 63.8 Å². The van der Waals surface area contributed by atoms with Gasteiger partial charge in [0.25, 0.3) is 0 Å². The van der Waals surface area contributed by atoms with E-state index >= 15 is 0 Å². The highest BCUT2D eigenvalue weighted by Gasteiger charge is 2.11. The molecule has 0 spiro atoms. The van der Waals surface area contributed by atoms with E-state index < -0.39 is 0 Å². The van der Waals surface area contributed by atoms with Gasteiger partial charge in [-0.15, -0.1) is 0 Å². The van der Waals surface area contributed by atoms with Crippen LogP contribution in [0.15, 0.2) is 18.3 Å². The number of thiocarbonyl (C=S) groups is 1. The van der Waals surface area contributed by atoms with Crippen LogP contribution in [-0.2, 0) is 0 Å². The van der Waals surface area contributed by atoms with Crippen LogP contribution in [0, 0.1) is 13.8 Å². The third-order valence-electron chi connectivity index (χ3n) is 2.17. The van der Waals surface area contributed by atoms with Crippen LogP contribution in [0.4, 0.5) is 5.13 Å². The first-order valence-corrected chi connectivity index (χ1v) is 6.25. The molecule has 2 rings (SSSR count). The van der Waals surface area contributed by atoms with Gasteiger partial charge in [-0.3, -0.25) is 4.98 Å². The Morgan fingerprint density at radius 2 is 2.24 bits per heavy atom. The van der Waals surface area contributed by atoms with Crippen LogP contribution >= 0.6 is 23.6 Å².